The number of rotatable bonds is 10. The molecule has 1 saturated carbocycles. The summed E-state index contributed by atoms with van der Waals surface area (Å²) in [6.07, 6.45) is 5.16. The summed E-state index contributed by atoms with van der Waals surface area (Å²) < 4.78 is 5.76. The number of benzene rings is 2. The van der Waals surface area contributed by atoms with Crippen LogP contribution in [0.2, 0.25) is 0 Å². The average molecular weight is 402 g/mol. The Kier molecular flexibility index (Phi) is 6.40. The summed E-state index contributed by atoms with van der Waals surface area (Å²) in [5.74, 6) is 1.53. The zero-order chi connectivity index (χ0) is 20.8. The van der Waals surface area contributed by atoms with Crippen LogP contribution in [-0.4, -0.2) is 28.9 Å². The Bertz CT molecular complexity index is 952. The van der Waals surface area contributed by atoms with Crippen LogP contribution in [0.1, 0.15) is 34.3 Å². The van der Waals surface area contributed by atoms with Crippen LogP contribution in [0.3, 0.4) is 0 Å². The smallest absolute Gasteiger partial charge is 0.250 e. The number of hydrogen-bond donors (Lipinski definition) is 1. The van der Waals surface area contributed by atoms with E-state index in [1.165, 1.54) is 36.7 Å². The van der Waals surface area contributed by atoms with Gasteiger partial charge in [-0.2, -0.15) is 0 Å². The van der Waals surface area contributed by atoms with Gasteiger partial charge in [0.05, 0.1) is 5.56 Å². The van der Waals surface area contributed by atoms with Crippen LogP contribution in [0.25, 0.3) is 0 Å². The molecule has 4 rings (SSSR count). The number of pyridine rings is 1. The Balaban J connectivity index is 1.32. The Morgan fingerprint density at radius 3 is 2.40 bits per heavy atom. The maximum Gasteiger partial charge on any atom is 0.250 e. The largest absolute Gasteiger partial charge is 0.439 e. The van der Waals surface area contributed by atoms with E-state index in [9.17, 15) is 4.79 Å². The van der Waals surface area contributed by atoms with Crippen molar-refractivity contribution in [1.82, 2.24) is 9.88 Å². The molecule has 0 aliphatic heterocycles. The topological polar surface area (TPSA) is 68.5 Å². The zero-order valence-electron chi connectivity index (χ0n) is 17.0. The molecule has 0 spiro atoms. The molecule has 30 heavy (non-hydrogen) atoms. The number of ether oxygens (including phenoxy) is 1. The molecule has 1 amide bonds. The SMILES string of the molecule is NC(=O)c1ccc(Oc2ccc(CCN(Cc3ccccc3)CC3CC3)cc2)nc1. The van der Waals surface area contributed by atoms with Gasteiger partial charge in [-0.1, -0.05) is 42.5 Å². The monoisotopic (exact) mass is 401 g/mol. The highest BCUT2D eigenvalue weighted by Crippen LogP contribution is 2.30. The molecule has 1 fully saturated rings. The maximum absolute atomic E-state index is 11.1. The summed E-state index contributed by atoms with van der Waals surface area (Å²) in [6.45, 7) is 3.23. The van der Waals surface area contributed by atoms with Gasteiger partial charge in [-0.3, -0.25) is 9.69 Å². The molecule has 3 aromatic rings. The number of nitrogens with zero attached hydrogens (tertiary/aromatic N) is 2. The molecule has 0 radical (unpaired) electrons. The van der Waals surface area contributed by atoms with Gasteiger partial charge in [-0.15, -0.1) is 0 Å². The molecule has 1 aliphatic carbocycles. The summed E-state index contributed by atoms with van der Waals surface area (Å²) in [5, 5.41) is 0. The van der Waals surface area contributed by atoms with Crippen LogP contribution in [-0.2, 0) is 13.0 Å². The van der Waals surface area contributed by atoms with Gasteiger partial charge in [0.2, 0.25) is 11.8 Å². The molecule has 0 bridgehead atoms. The van der Waals surface area contributed by atoms with E-state index in [0.29, 0.717) is 11.4 Å². The van der Waals surface area contributed by atoms with E-state index in [4.69, 9.17) is 10.5 Å². The lowest BCUT2D eigenvalue weighted by Gasteiger charge is -2.22. The molecule has 0 unspecified atom stereocenters. The molecule has 2 aromatic carbocycles. The van der Waals surface area contributed by atoms with Crippen LogP contribution < -0.4 is 10.5 Å². The molecule has 154 valence electrons. The zero-order valence-corrected chi connectivity index (χ0v) is 17.0. The Morgan fingerprint density at radius 1 is 1.00 bits per heavy atom. The average Bonchev–Trinajstić information content (AvgIpc) is 3.58. The van der Waals surface area contributed by atoms with E-state index in [2.05, 4.69) is 52.3 Å². The maximum atomic E-state index is 11.1. The van der Waals surface area contributed by atoms with Crippen LogP contribution in [0.15, 0.2) is 72.9 Å². The van der Waals surface area contributed by atoms with Crippen molar-refractivity contribution in [2.45, 2.75) is 25.8 Å². The van der Waals surface area contributed by atoms with Crippen molar-refractivity contribution in [1.29, 1.82) is 0 Å². The van der Waals surface area contributed by atoms with Crippen molar-refractivity contribution < 1.29 is 9.53 Å². The molecule has 5 heteroatoms. The highest BCUT2D eigenvalue weighted by atomic mass is 16.5. The number of carbonyl (C=O) groups is 1. The van der Waals surface area contributed by atoms with E-state index in [1.54, 1.807) is 12.1 Å². The van der Waals surface area contributed by atoms with Crippen molar-refractivity contribution in [2.75, 3.05) is 13.1 Å². The van der Waals surface area contributed by atoms with E-state index in [1.807, 2.05) is 12.1 Å². The predicted octanol–water partition coefficient (Wildman–Crippen LogP) is 4.43. The quantitative estimate of drug-likeness (QED) is 0.546. The second-order valence-corrected chi connectivity index (χ2v) is 7.91. The third-order valence-corrected chi connectivity index (χ3v) is 5.35. The number of aromatic nitrogens is 1. The van der Waals surface area contributed by atoms with Crippen molar-refractivity contribution >= 4 is 5.91 Å². The summed E-state index contributed by atoms with van der Waals surface area (Å²) in [5.41, 5.74) is 8.25. The minimum absolute atomic E-state index is 0.365. The molecule has 0 atom stereocenters. The first-order valence-electron chi connectivity index (χ1n) is 10.4. The standard InChI is InChI=1S/C25H27N3O2/c26-25(29)22-10-13-24(27-16-22)30-23-11-8-19(9-12-23)14-15-28(18-21-6-7-21)17-20-4-2-1-3-5-20/h1-5,8-13,16,21H,6-7,14-15,17-18H2,(H2,26,29). The Labute approximate surface area is 177 Å². The van der Waals surface area contributed by atoms with E-state index < -0.39 is 5.91 Å². The molecule has 1 aromatic heterocycles. The lowest BCUT2D eigenvalue weighted by atomic mass is 10.1. The minimum atomic E-state index is -0.499. The van der Waals surface area contributed by atoms with Crippen LogP contribution in [0, 0.1) is 5.92 Å². The van der Waals surface area contributed by atoms with Gasteiger partial charge in [0, 0.05) is 31.9 Å². The fourth-order valence-corrected chi connectivity index (χ4v) is 3.46. The lowest BCUT2D eigenvalue weighted by molar-refractivity contribution is 0.1000. The van der Waals surface area contributed by atoms with Gasteiger partial charge >= 0.3 is 0 Å². The third-order valence-electron chi connectivity index (χ3n) is 5.35. The highest BCUT2D eigenvalue weighted by molar-refractivity contribution is 5.92. The van der Waals surface area contributed by atoms with Crippen molar-refractivity contribution in [3.05, 3.63) is 89.6 Å². The van der Waals surface area contributed by atoms with Crippen molar-refractivity contribution in [3.8, 4) is 11.6 Å². The van der Waals surface area contributed by atoms with Crippen LogP contribution >= 0.6 is 0 Å². The first-order chi connectivity index (χ1) is 14.7. The van der Waals surface area contributed by atoms with Crippen molar-refractivity contribution in [2.24, 2.45) is 11.7 Å². The van der Waals surface area contributed by atoms with E-state index in [-0.39, 0.29) is 0 Å². The minimum Gasteiger partial charge on any atom is -0.439 e. The van der Waals surface area contributed by atoms with E-state index in [0.717, 1.165) is 31.2 Å². The Hall–Kier alpha value is -3.18. The Morgan fingerprint density at radius 2 is 1.77 bits per heavy atom. The third kappa shape index (κ3) is 5.91. The van der Waals surface area contributed by atoms with Crippen molar-refractivity contribution in [3.63, 3.8) is 0 Å². The lowest BCUT2D eigenvalue weighted by Crippen LogP contribution is -2.28. The molecular formula is C25H27N3O2. The van der Waals surface area contributed by atoms with Crippen LogP contribution in [0.5, 0.6) is 11.6 Å². The van der Waals surface area contributed by atoms with Gasteiger partial charge in [0.1, 0.15) is 5.75 Å². The first kappa shape index (κ1) is 20.1. The second kappa shape index (κ2) is 9.55. The van der Waals surface area contributed by atoms with E-state index >= 15 is 0 Å². The van der Waals surface area contributed by atoms with Crippen LogP contribution in [0.4, 0.5) is 0 Å². The highest BCUT2D eigenvalue weighted by Gasteiger charge is 2.24. The number of primary amides is 1. The molecule has 2 N–H and O–H groups in total. The summed E-state index contributed by atoms with van der Waals surface area (Å²) in [7, 11) is 0. The van der Waals surface area contributed by atoms with Gasteiger partial charge < -0.3 is 10.5 Å². The fourth-order valence-electron chi connectivity index (χ4n) is 3.46. The number of nitrogens with two attached hydrogens (primary N) is 1. The number of carbonyl (C=O) groups excluding carboxylic acids is 1. The molecule has 1 aliphatic rings. The van der Waals surface area contributed by atoms with Gasteiger partial charge in [-0.05, 0) is 54.5 Å². The number of amides is 1. The summed E-state index contributed by atoms with van der Waals surface area (Å²) >= 11 is 0. The molecule has 5 nitrogen and oxygen atoms in total. The summed E-state index contributed by atoms with van der Waals surface area (Å²) in [6, 6.07) is 22.1. The first-order valence-corrected chi connectivity index (χ1v) is 10.4. The molecular weight excluding hydrogens is 374 g/mol. The van der Waals surface area contributed by atoms with Gasteiger partial charge in [0.15, 0.2) is 0 Å². The molecule has 0 saturated heterocycles. The van der Waals surface area contributed by atoms with Gasteiger partial charge in [0.25, 0.3) is 0 Å². The molecule has 1 heterocycles. The number of hydrogen-bond acceptors (Lipinski definition) is 4. The second-order valence-electron chi connectivity index (χ2n) is 7.91. The summed E-state index contributed by atoms with van der Waals surface area (Å²) in [4.78, 5) is 17.8. The fraction of sp³-hybridized carbons (Fsp3) is 0.280. The normalized spacial score (nSPS) is 13.4. The predicted molar refractivity (Wildman–Crippen MR) is 117 cm³/mol. The van der Waals surface area contributed by atoms with Gasteiger partial charge in [-0.25, -0.2) is 4.98 Å².